The number of hydrogen-bond acceptors (Lipinski definition) is 7. The Labute approximate surface area is 159 Å². The largest absolute Gasteiger partial charge is 0.482 e. The van der Waals surface area contributed by atoms with Gasteiger partial charge in [-0.05, 0) is 18.1 Å². The molecule has 1 rings (SSSR count). The molecule has 1 aromatic carbocycles. The van der Waals surface area contributed by atoms with E-state index in [1.807, 2.05) is 30.3 Å². The van der Waals surface area contributed by atoms with Gasteiger partial charge in [-0.3, -0.25) is 4.99 Å². The van der Waals surface area contributed by atoms with Crippen molar-refractivity contribution in [2.45, 2.75) is 19.1 Å². The summed E-state index contributed by atoms with van der Waals surface area (Å²) in [4.78, 5) is 4.41. The summed E-state index contributed by atoms with van der Waals surface area (Å²) in [7, 11) is 1.45. The summed E-state index contributed by atoms with van der Waals surface area (Å²) in [5, 5.41) is 0.0627. The fraction of sp³-hybridized carbons (Fsp3) is 0.278. The Kier molecular flexibility index (Phi) is 9.74. The Bertz CT molecular complexity index is 667. The van der Waals surface area contributed by atoms with E-state index in [-0.39, 0.29) is 11.0 Å². The van der Waals surface area contributed by atoms with E-state index in [9.17, 15) is 0 Å². The molecule has 1 atom stereocenters. The Morgan fingerprint density at radius 2 is 1.92 bits per heavy atom. The number of halogens is 1. The predicted octanol–water partition coefficient (Wildman–Crippen LogP) is 1.65. The van der Waals surface area contributed by atoms with E-state index < -0.39 is 6.04 Å². The molecule has 142 valence electrons. The van der Waals surface area contributed by atoms with Crippen molar-refractivity contribution in [1.82, 2.24) is 0 Å². The van der Waals surface area contributed by atoms with E-state index in [4.69, 9.17) is 44.0 Å². The monoisotopic (exact) mass is 379 g/mol. The lowest BCUT2D eigenvalue weighted by atomic mass is 10.0. The van der Waals surface area contributed by atoms with Crippen LogP contribution in [0.5, 0.6) is 0 Å². The number of hydrogen-bond donors (Lipinski definition) is 4. The minimum absolute atomic E-state index is 0.0627. The Balaban J connectivity index is 2.86. The van der Waals surface area contributed by atoms with Crippen LogP contribution in [-0.2, 0) is 16.1 Å². The number of allylic oxidation sites excluding steroid dienone is 1. The molecule has 0 bridgehead atoms. The van der Waals surface area contributed by atoms with Crippen molar-refractivity contribution in [3.05, 3.63) is 70.5 Å². The molecule has 8 heteroatoms. The summed E-state index contributed by atoms with van der Waals surface area (Å²) in [5.74, 6) is 0.161. The molecule has 0 aliphatic heterocycles. The highest BCUT2D eigenvalue weighted by Gasteiger charge is 2.16. The molecule has 0 saturated carbocycles. The van der Waals surface area contributed by atoms with E-state index in [1.54, 1.807) is 0 Å². The van der Waals surface area contributed by atoms with Gasteiger partial charge in [0.2, 0.25) is 0 Å². The van der Waals surface area contributed by atoms with Gasteiger partial charge in [0.05, 0.1) is 30.6 Å². The Morgan fingerprint density at radius 1 is 1.23 bits per heavy atom. The zero-order valence-electron chi connectivity index (χ0n) is 14.8. The molecule has 0 aromatic heterocycles. The van der Waals surface area contributed by atoms with E-state index in [0.29, 0.717) is 30.9 Å². The second-order valence-electron chi connectivity index (χ2n) is 5.34. The first kappa shape index (κ1) is 21.4. The van der Waals surface area contributed by atoms with E-state index >= 15 is 0 Å². The number of nitrogens with two attached hydrogens (primary N) is 4. The lowest BCUT2D eigenvalue weighted by Gasteiger charge is -2.16. The van der Waals surface area contributed by atoms with Crippen molar-refractivity contribution >= 4 is 17.8 Å². The molecule has 0 heterocycles. The molecule has 8 N–H and O–H groups in total. The average Bonchev–Trinajstić information content (AvgIpc) is 2.65. The topological polar surface area (TPSA) is 135 Å². The SMILES string of the molecule is CO/C(N)=C(/C=C(\N)Cl)C(CCOCc1ccccc1)N=CC(N)=CN. The summed E-state index contributed by atoms with van der Waals surface area (Å²) in [5.41, 5.74) is 24.5. The zero-order chi connectivity index (χ0) is 19.4. The molecule has 7 nitrogen and oxygen atoms in total. The third kappa shape index (κ3) is 7.96. The van der Waals surface area contributed by atoms with Crippen LogP contribution in [0.4, 0.5) is 0 Å². The van der Waals surface area contributed by atoms with Crippen molar-refractivity contribution in [3.63, 3.8) is 0 Å². The van der Waals surface area contributed by atoms with E-state index in [1.165, 1.54) is 25.6 Å². The third-order valence-corrected chi connectivity index (χ3v) is 3.51. The van der Waals surface area contributed by atoms with Gasteiger partial charge >= 0.3 is 0 Å². The fourth-order valence-electron chi connectivity index (χ4n) is 2.09. The van der Waals surface area contributed by atoms with Crippen LogP contribution in [0.2, 0.25) is 0 Å². The molecule has 0 fully saturated rings. The van der Waals surface area contributed by atoms with Crippen LogP contribution in [0, 0.1) is 0 Å². The van der Waals surface area contributed by atoms with Crippen molar-refractivity contribution in [2.24, 2.45) is 27.9 Å². The van der Waals surface area contributed by atoms with Gasteiger partial charge in [-0.2, -0.15) is 0 Å². The highest BCUT2D eigenvalue weighted by molar-refractivity contribution is 6.29. The van der Waals surface area contributed by atoms with Gasteiger partial charge in [0.25, 0.3) is 0 Å². The van der Waals surface area contributed by atoms with E-state index in [2.05, 4.69) is 4.99 Å². The molecule has 0 aliphatic rings. The minimum atomic E-state index is -0.415. The first-order chi connectivity index (χ1) is 12.5. The number of methoxy groups -OCH3 is 1. The summed E-state index contributed by atoms with van der Waals surface area (Å²) in [6.07, 6.45) is 4.72. The van der Waals surface area contributed by atoms with Crippen molar-refractivity contribution in [3.8, 4) is 0 Å². The molecule has 0 amide bonds. The highest BCUT2D eigenvalue weighted by Crippen LogP contribution is 2.18. The van der Waals surface area contributed by atoms with Crippen LogP contribution in [0.3, 0.4) is 0 Å². The summed E-state index contributed by atoms with van der Waals surface area (Å²) in [6, 6.07) is 9.45. The van der Waals surface area contributed by atoms with Crippen LogP contribution >= 0.6 is 11.6 Å². The second kappa shape index (κ2) is 11.8. The second-order valence-corrected chi connectivity index (χ2v) is 5.78. The molecule has 0 saturated heterocycles. The molecule has 0 aliphatic carbocycles. The minimum Gasteiger partial charge on any atom is -0.482 e. The summed E-state index contributed by atoms with van der Waals surface area (Å²) < 4.78 is 10.8. The summed E-state index contributed by atoms with van der Waals surface area (Å²) >= 11 is 5.80. The van der Waals surface area contributed by atoms with Crippen LogP contribution in [-0.4, -0.2) is 26.0 Å². The van der Waals surface area contributed by atoms with Crippen LogP contribution in [0.15, 0.2) is 69.9 Å². The van der Waals surface area contributed by atoms with Gasteiger partial charge in [0.1, 0.15) is 0 Å². The normalized spacial score (nSPS) is 15.0. The van der Waals surface area contributed by atoms with Gasteiger partial charge in [-0.25, -0.2) is 0 Å². The maximum Gasteiger partial charge on any atom is 0.189 e. The number of rotatable bonds is 10. The molecule has 26 heavy (non-hydrogen) atoms. The lowest BCUT2D eigenvalue weighted by Crippen LogP contribution is -2.18. The standard InChI is InChI=1S/C18H26ClN5O2/c1-25-18(23)15(9-17(19)22)16(24-11-14(21)10-20)7-8-26-12-13-5-3-2-4-6-13/h2-6,9-11,16H,7-8,12,20-23H2,1H3/b14-10?,17-9-,18-15-,24-11?. The highest BCUT2D eigenvalue weighted by atomic mass is 35.5. The maximum absolute atomic E-state index is 5.91. The summed E-state index contributed by atoms with van der Waals surface area (Å²) in [6.45, 7) is 0.925. The zero-order valence-corrected chi connectivity index (χ0v) is 15.5. The van der Waals surface area contributed by atoms with Crippen molar-refractivity contribution < 1.29 is 9.47 Å². The van der Waals surface area contributed by atoms with Crippen LogP contribution in [0.1, 0.15) is 12.0 Å². The molecule has 1 unspecified atom stereocenters. The van der Waals surface area contributed by atoms with Gasteiger partial charge < -0.3 is 32.4 Å². The number of nitrogens with zero attached hydrogens (tertiary/aromatic N) is 1. The Morgan fingerprint density at radius 3 is 2.50 bits per heavy atom. The quantitative estimate of drug-likeness (QED) is 0.160. The lowest BCUT2D eigenvalue weighted by molar-refractivity contribution is 0.116. The number of aliphatic imine (C=N–C) groups is 1. The van der Waals surface area contributed by atoms with Crippen molar-refractivity contribution in [1.29, 1.82) is 0 Å². The molecule has 0 radical (unpaired) electrons. The van der Waals surface area contributed by atoms with Gasteiger partial charge in [-0.1, -0.05) is 41.9 Å². The van der Waals surface area contributed by atoms with Gasteiger partial charge in [0, 0.05) is 24.6 Å². The number of benzene rings is 1. The predicted molar refractivity (Wildman–Crippen MR) is 106 cm³/mol. The molecule has 0 spiro atoms. The van der Waals surface area contributed by atoms with Crippen molar-refractivity contribution in [2.75, 3.05) is 13.7 Å². The van der Waals surface area contributed by atoms with Gasteiger partial charge in [0.15, 0.2) is 5.88 Å². The number of ether oxygens (including phenoxy) is 2. The first-order valence-electron chi connectivity index (χ1n) is 7.96. The molecule has 1 aromatic rings. The molecular formula is C18H26ClN5O2. The van der Waals surface area contributed by atoms with Crippen LogP contribution in [0.25, 0.3) is 0 Å². The van der Waals surface area contributed by atoms with Gasteiger partial charge in [-0.15, -0.1) is 0 Å². The fourth-order valence-corrected chi connectivity index (χ4v) is 2.20. The van der Waals surface area contributed by atoms with E-state index in [0.717, 1.165) is 5.56 Å². The maximum atomic E-state index is 5.91. The first-order valence-corrected chi connectivity index (χ1v) is 8.34. The van der Waals surface area contributed by atoms with Crippen LogP contribution < -0.4 is 22.9 Å². The Hall–Kier alpha value is -2.64. The average molecular weight is 380 g/mol. The molecular weight excluding hydrogens is 354 g/mol. The smallest absolute Gasteiger partial charge is 0.189 e. The third-order valence-electron chi connectivity index (χ3n) is 3.40.